The minimum absolute atomic E-state index is 0.0799. The summed E-state index contributed by atoms with van der Waals surface area (Å²) in [5, 5.41) is 7.71. The van der Waals surface area contributed by atoms with E-state index >= 15 is 0 Å². The lowest BCUT2D eigenvalue weighted by atomic mass is 10.2. The first-order chi connectivity index (χ1) is 11.0. The molecule has 0 unspecified atom stereocenters. The fourth-order valence-corrected chi connectivity index (χ4v) is 2.86. The van der Waals surface area contributed by atoms with Gasteiger partial charge in [0.15, 0.2) is 0 Å². The maximum absolute atomic E-state index is 12.2. The SMILES string of the molecule is Cc1ccc(S(=O)(=O)NCc2nnc(-c3cccnc3)o2)cc1. The van der Waals surface area contributed by atoms with Crippen molar-refractivity contribution in [2.24, 2.45) is 0 Å². The topological polar surface area (TPSA) is 98.0 Å². The van der Waals surface area contributed by atoms with E-state index in [4.69, 9.17) is 4.42 Å². The summed E-state index contributed by atoms with van der Waals surface area (Å²) >= 11 is 0. The number of sulfonamides is 1. The van der Waals surface area contributed by atoms with Crippen molar-refractivity contribution in [2.45, 2.75) is 18.4 Å². The van der Waals surface area contributed by atoms with Gasteiger partial charge in [0, 0.05) is 12.4 Å². The Morgan fingerprint density at radius 1 is 1.13 bits per heavy atom. The average molecular weight is 330 g/mol. The van der Waals surface area contributed by atoms with Gasteiger partial charge in [0.1, 0.15) is 0 Å². The van der Waals surface area contributed by atoms with Crippen LogP contribution in [0.5, 0.6) is 0 Å². The van der Waals surface area contributed by atoms with Gasteiger partial charge in [0.05, 0.1) is 17.0 Å². The molecule has 23 heavy (non-hydrogen) atoms. The largest absolute Gasteiger partial charge is 0.419 e. The Bertz CT molecular complexity index is 890. The predicted octanol–water partition coefficient (Wildman–Crippen LogP) is 1.92. The van der Waals surface area contributed by atoms with Crippen LogP contribution in [0.15, 0.2) is 58.1 Å². The smallest absolute Gasteiger partial charge is 0.249 e. The molecule has 0 aliphatic carbocycles. The van der Waals surface area contributed by atoms with E-state index in [1.807, 2.05) is 6.92 Å². The molecule has 0 spiro atoms. The summed E-state index contributed by atoms with van der Waals surface area (Å²) in [6.45, 7) is 1.81. The zero-order chi connectivity index (χ0) is 16.3. The fourth-order valence-electron chi connectivity index (χ4n) is 1.89. The van der Waals surface area contributed by atoms with Crippen molar-refractivity contribution in [1.82, 2.24) is 19.9 Å². The van der Waals surface area contributed by atoms with Gasteiger partial charge in [-0.15, -0.1) is 10.2 Å². The summed E-state index contributed by atoms with van der Waals surface area (Å²) in [5.41, 5.74) is 1.66. The van der Waals surface area contributed by atoms with Gasteiger partial charge in [-0.05, 0) is 31.2 Å². The summed E-state index contributed by atoms with van der Waals surface area (Å²) in [5.74, 6) is 0.474. The van der Waals surface area contributed by atoms with Gasteiger partial charge in [0.2, 0.25) is 21.8 Å². The van der Waals surface area contributed by atoms with Crippen LogP contribution < -0.4 is 4.72 Å². The normalized spacial score (nSPS) is 11.5. The zero-order valence-corrected chi connectivity index (χ0v) is 13.1. The monoisotopic (exact) mass is 330 g/mol. The van der Waals surface area contributed by atoms with E-state index in [9.17, 15) is 8.42 Å². The molecule has 7 nitrogen and oxygen atoms in total. The summed E-state index contributed by atoms with van der Waals surface area (Å²) in [6, 6.07) is 10.1. The van der Waals surface area contributed by atoms with E-state index in [-0.39, 0.29) is 17.3 Å². The van der Waals surface area contributed by atoms with Crippen LogP contribution in [0.2, 0.25) is 0 Å². The number of nitrogens with zero attached hydrogens (tertiary/aromatic N) is 3. The van der Waals surface area contributed by atoms with Crippen LogP contribution in [-0.4, -0.2) is 23.6 Å². The van der Waals surface area contributed by atoms with Crippen LogP contribution in [0.4, 0.5) is 0 Å². The Balaban J connectivity index is 1.71. The highest BCUT2D eigenvalue weighted by molar-refractivity contribution is 7.89. The number of rotatable bonds is 5. The molecule has 0 atom stereocenters. The second-order valence-corrected chi connectivity index (χ2v) is 6.65. The molecule has 1 aromatic carbocycles. The minimum Gasteiger partial charge on any atom is -0.419 e. The number of pyridine rings is 1. The predicted molar refractivity (Wildman–Crippen MR) is 82.7 cm³/mol. The highest BCUT2D eigenvalue weighted by Crippen LogP contribution is 2.16. The summed E-state index contributed by atoms with van der Waals surface area (Å²) in [4.78, 5) is 4.15. The van der Waals surface area contributed by atoms with Gasteiger partial charge in [-0.25, -0.2) is 13.1 Å². The Kier molecular flexibility index (Phi) is 4.18. The molecule has 0 bridgehead atoms. The lowest BCUT2D eigenvalue weighted by molar-refractivity contribution is 0.494. The highest BCUT2D eigenvalue weighted by atomic mass is 32.2. The van der Waals surface area contributed by atoms with Crippen molar-refractivity contribution in [1.29, 1.82) is 0 Å². The average Bonchev–Trinajstić information content (AvgIpc) is 3.03. The van der Waals surface area contributed by atoms with Crippen molar-refractivity contribution < 1.29 is 12.8 Å². The van der Waals surface area contributed by atoms with Crippen molar-refractivity contribution >= 4 is 10.0 Å². The van der Waals surface area contributed by atoms with Crippen LogP contribution in [-0.2, 0) is 16.6 Å². The van der Waals surface area contributed by atoms with Gasteiger partial charge in [-0.1, -0.05) is 17.7 Å². The molecule has 0 fully saturated rings. The van der Waals surface area contributed by atoms with E-state index in [1.54, 1.807) is 48.8 Å². The van der Waals surface area contributed by atoms with Crippen LogP contribution in [0.3, 0.4) is 0 Å². The molecule has 3 rings (SSSR count). The molecule has 2 aromatic heterocycles. The second kappa shape index (κ2) is 6.27. The van der Waals surface area contributed by atoms with Crippen molar-refractivity contribution in [3.8, 4) is 11.5 Å². The first-order valence-electron chi connectivity index (χ1n) is 6.84. The van der Waals surface area contributed by atoms with Crippen molar-refractivity contribution in [3.05, 3.63) is 60.2 Å². The Hall–Kier alpha value is -2.58. The molecule has 0 saturated carbocycles. The van der Waals surface area contributed by atoms with Crippen LogP contribution >= 0.6 is 0 Å². The molecule has 1 N–H and O–H groups in total. The quantitative estimate of drug-likeness (QED) is 0.767. The van der Waals surface area contributed by atoms with Gasteiger partial charge >= 0.3 is 0 Å². The van der Waals surface area contributed by atoms with Crippen LogP contribution in [0.25, 0.3) is 11.5 Å². The molecule has 2 heterocycles. The van der Waals surface area contributed by atoms with E-state index in [0.29, 0.717) is 11.5 Å². The zero-order valence-electron chi connectivity index (χ0n) is 12.3. The maximum Gasteiger partial charge on any atom is 0.249 e. The van der Waals surface area contributed by atoms with Crippen LogP contribution in [0.1, 0.15) is 11.5 Å². The molecule has 118 valence electrons. The summed E-state index contributed by atoms with van der Waals surface area (Å²) in [6.07, 6.45) is 3.23. The number of benzene rings is 1. The Morgan fingerprint density at radius 2 is 1.91 bits per heavy atom. The molecule has 0 aliphatic rings. The maximum atomic E-state index is 12.2. The van der Waals surface area contributed by atoms with E-state index in [2.05, 4.69) is 19.9 Å². The van der Waals surface area contributed by atoms with Crippen LogP contribution in [0, 0.1) is 6.92 Å². The van der Waals surface area contributed by atoms with E-state index in [0.717, 1.165) is 5.56 Å². The third-order valence-electron chi connectivity index (χ3n) is 3.12. The number of hydrogen-bond donors (Lipinski definition) is 1. The van der Waals surface area contributed by atoms with E-state index < -0.39 is 10.0 Å². The molecule has 8 heteroatoms. The Morgan fingerprint density at radius 3 is 2.61 bits per heavy atom. The molecule has 0 amide bonds. The van der Waals surface area contributed by atoms with Gasteiger partial charge in [-0.2, -0.15) is 0 Å². The molecular weight excluding hydrogens is 316 g/mol. The number of aryl methyl sites for hydroxylation is 1. The molecule has 3 aromatic rings. The van der Waals surface area contributed by atoms with Gasteiger partial charge in [-0.3, -0.25) is 4.98 Å². The number of hydrogen-bond acceptors (Lipinski definition) is 6. The fraction of sp³-hybridized carbons (Fsp3) is 0.133. The van der Waals surface area contributed by atoms with Gasteiger partial charge in [0.25, 0.3) is 0 Å². The molecule has 0 radical (unpaired) electrons. The van der Waals surface area contributed by atoms with Gasteiger partial charge < -0.3 is 4.42 Å². The third-order valence-corrected chi connectivity index (χ3v) is 4.54. The second-order valence-electron chi connectivity index (χ2n) is 4.88. The molecular formula is C15H14N4O3S. The first-order valence-corrected chi connectivity index (χ1v) is 8.32. The Labute approximate surface area is 133 Å². The summed E-state index contributed by atoms with van der Waals surface area (Å²) in [7, 11) is -3.62. The van der Waals surface area contributed by atoms with Crippen molar-refractivity contribution in [2.75, 3.05) is 0 Å². The third kappa shape index (κ3) is 3.61. The summed E-state index contributed by atoms with van der Waals surface area (Å²) < 4.78 is 32.2. The standard InChI is InChI=1S/C15H14N4O3S/c1-11-4-6-13(7-5-11)23(20,21)17-10-14-18-19-15(22-14)12-3-2-8-16-9-12/h2-9,17H,10H2,1H3. The minimum atomic E-state index is -3.62. The number of nitrogens with one attached hydrogen (secondary N) is 1. The lowest BCUT2D eigenvalue weighted by Gasteiger charge is -2.04. The first kappa shape index (κ1) is 15.3. The van der Waals surface area contributed by atoms with E-state index in [1.165, 1.54) is 0 Å². The molecule has 0 aliphatic heterocycles. The molecule has 0 saturated heterocycles. The highest BCUT2D eigenvalue weighted by Gasteiger charge is 2.16. The lowest BCUT2D eigenvalue weighted by Crippen LogP contribution is -2.23. The van der Waals surface area contributed by atoms with Crippen molar-refractivity contribution in [3.63, 3.8) is 0 Å². The number of aromatic nitrogens is 3.